The van der Waals surface area contributed by atoms with Crippen molar-refractivity contribution in [2.45, 2.75) is 36.9 Å². The highest BCUT2D eigenvalue weighted by Gasteiger charge is 2.54. The highest BCUT2D eigenvalue weighted by Crippen LogP contribution is 2.40. The Morgan fingerprint density at radius 2 is 2.21 bits per heavy atom. The minimum Gasteiger partial charge on any atom is -0.477 e. The van der Waals surface area contributed by atoms with Crippen molar-refractivity contribution in [3.05, 3.63) is 35.7 Å². The van der Waals surface area contributed by atoms with Crippen LogP contribution in [0.3, 0.4) is 0 Å². The van der Waals surface area contributed by atoms with Gasteiger partial charge in [-0.15, -0.1) is 11.8 Å². The summed E-state index contributed by atoms with van der Waals surface area (Å²) in [5.41, 5.74) is 5.71. The third kappa shape index (κ3) is 4.19. The molecule has 1 aromatic heterocycles. The molecule has 1 fully saturated rings. The van der Waals surface area contributed by atoms with Gasteiger partial charge >= 0.3 is 5.97 Å². The number of aromatic nitrogens is 1. The fourth-order valence-electron chi connectivity index (χ4n) is 2.93. The van der Waals surface area contributed by atoms with E-state index in [-0.39, 0.29) is 28.2 Å². The number of rotatable bonds is 7. The second-order valence-electron chi connectivity index (χ2n) is 6.47. The quantitative estimate of drug-likeness (QED) is 0.251. The van der Waals surface area contributed by atoms with E-state index in [4.69, 9.17) is 10.6 Å². The van der Waals surface area contributed by atoms with Gasteiger partial charge in [0.2, 0.25) is 0 Å². The van der Waals surface area contributed by atoms with Crippen LogP contribution >= 0.6 is 11.8 Å². The van der Waals surface area contributed by atoms with Gasteiger partial charge < -0.3 is 21.0 Å². The summed E-state index contributed by atoms with van der Waals surface area (Å²) in [4.78, 5) is 47.2. The van der Waals surface area contributed by atoms with Crippen molar-refractivity contribution in [1.29, 1.82) is 0 Å². The molecule has 0 spiro atoms. The number of hydrogen-bond donors (Lipinski definition) is 3. The number of nitrogen functional groups attached to an aromatic ring is 1. The number of carboxylic acids is 1. The van der Waals surface area contributed by atoms with Crippen LogP contribution in [0.1, 0.15) is 26.0 Å². The lowest BCUT2D eigenvalue weighted by Crippen LogP contribution is -2.71. The molecule has 4 N–H and O–H groups in total. The number of carbonyl (C=O) groups is 3. The van der Waals surface area contributed by atoms with Crippen LogP contribution in [-0.4, -0.2) is 61.8 Å². The molecule has 1 saturated heterocycles. The van der Waals surface area contributed by atoms with Crippen molar-refractivity contribution in [2.75, 3.05) is 12.3 Å². The molecule has 0 aliphatic carbocycles. The topological polar surface area (TPSA) is 147 Å². The minimum absolute atomic E-state index is 0.0746. The molecule has 0 saturated carbocycles. The number of hydrogen-bond acceptors (Lipinski definition) is 8. The molecule has 0 aromatic carbocycles. The van der Waals surface area contributed by atoms with E-state index in [1.807, 2.05) is 13.8 Å². The van der Waals surface area contributed by atoms with E-state index < -0.39 is 29.2 Å². The maximum absolute atomic E-state index is 12.9. The van der Waals surface area contributed by atoms with Gasteiger partial charge in [0, 0.05) is 5.25 Å². The van der Waals surface area contributed by atoms with Gasteiger partial charge in [0.15, 0.2) is 5.71 Å². The molecule has 2 amide bonds. The first-order valence-corrected chi connectivity index (χ1v) is 9.95. The molecule has 0 radical (unpaired) electrons. The summed E-state index contributed by atoms with van der Waals surface area (Å²) in [5.74, 6) is -2.13. The van der Waals surface area contributed by atoms with Crippen molar-refractivity contribution < 1.29 is 24.3 Å². The summed E-state index contributed by atoms with van der Waals surface area (Å²) in [5, 5.41) is 15.2. The standard InChI is InChI=1S/C18H21N5O5S/c1-3-7-28-22-13(10-5-4-6-12(19)20-10)15(24)21-14-16(25)23-11(18(26)27)8-9(2)29-17(14)23/h4-6,8-9,14,17H,3,7H2,1-2H3,(H2,19,20)(H,21,24)(H,26,27)/b22-13-/t9?,14?,17-/m1/s1. The Hall–Kier alpha value is -3.08. The average Bonchev–Trinajstić information content (AvgIpc) is 2.68. The van der Waals surface area contributed by atoms with Gasteiger partial charge in [-0.05, 0) is 31.6 Å². The number of amides is 2. The minimum atomic E-state index is -1.18. The molecule has 3 atom stereocenters. The number of β-lactam (4-membered cyclic amide) rings is 1. The first kappa shape index (κ1) is 20.6. The van der Waals surface area contributed by atoms with Crippen molar-refractivity contribution >= 4 is 41.1 Å². The van der Waals surface area contributed by atoms with Crippen LogP contribution in [0, 0.1) is 0 Å². The number of thioether (sulfide) groups is 1. The van der Waals surface area contributed by atoms with Gasteiger partial charge in [-0.25, -0.2) is 9.78 Å². The van der Waals surface area contributed by atoms with Crippen molar-refractivity contribution in [3.8, 4) is 0 Å². The number of nitrogens with zero attached hydrogens (tertiary/aromatic N) is 3. The molecule has 1 aromatic rings. The molecule has 3 heterocycles. The Morgan fingerprint density at radius 1 is 1.45 bits per heavy atom. The van der Waals surface area contributed by atoms with Gasteiger partial charge in [-0.2, -0.15) is 0 Å². The van der Waals surface area contributed by atoms with Gasteiger partial charge in [-0.3, -0.25) is 14.5 Å². The number of pyridine rings is 1. The molecule has 11 heteroatoms. The van der Waals surface area contributed by atoms with E-state index in [9.17, 15) is 19.5 Å². The summed E-state index contributed by atoms with van der Waals surface area (Å²) in [6.45, 7) is 4.03. The lowest BCUT2D eigenvalue weighted by atomic mass is 10.0. The van der Waals surface area contributed by atoms with E-state index in [1.165, 1.54) is 22.7 Å². The predicted molar refractivity (Wildman–Crippen MR) is 107 cm³/mol. The number of carboxylic acid groups (broad SMARTS) is 1. The number of aliphatic carboxylic acids is 1. The zero-order chi connectivity index (χ0) is 21.1. The lowest BCUT2D eigenvalue weighted by Gasteiger charge is -2.49. The van der Waals surface area contributed by atoms with E-state index in [0.29, 0.717) is 13.0 Å². The largest absolute Gasteiger partial charge is 0.477 e. The zero-order valence-electron chi connectivity index (χ0n) is 15.9. The van der Waals surface area contributed by atoms with Crippen molar-refractivity contribution in [1.82, 2.24) is 15.2 Å². The second kappa shape index (κ2) is 8.52. The van der Waals surface area contributed by atoms with Crippen LogP contribution in [0.4, 0.5) is 5.82 Å². The van der Waals surface area contributed by atoms with Gasteiger partial charge in [0.05, 0.1) is 0 Å². The monoisotopic (exact) mass is 419 g/mol. The highest BCUT2D eigenvalue weighted by molar-refractivity contribution is 8.00. The van der Waals surface area contributed by atoms with Gasteiger partial charge in [-0.1, -0.05) is 18.1 Å². The van der Waals surface area contributed by atoms with E-state index >= 15 is 0 Å². The molecule has 3 rings (SSSR count). The lowest BCUT2D eigenvalue weighted by molar-refractivity contribution is -0.150. The van der Waals surface area contributed by atoms with Crippen molar-refractivity contribution in [3.63, 3.8) is 0 Å². The SMILES string of the molecule is CCCO/N=C(\C(=O)NC1C(=O)N2C(C(=O)O)=CC(C)S[C@H]12)c1cccc(N)n1. The molecule has 2 unspecified atom stereocenters. The summed E-state index contributed by atoms with van der Waals surface area (Å²) in [7, 11) is 0. The van der Waals surface area contributed by atoms with E-state index in [0.717, 1.165) is 0 Å². The Bertz CT molecular complexity index is 902. The molecule has 0 bridgehead atoms. The fourth-order valence-corrected chi connectivity index (χ4v) is 4.26. The third-order valence-electron chi connectivity index (χ3n) is 4.23. The van der Waals surface area contributed by atoms with Gasteiger partial charge in [0.25, 0.3) is 11.8 Å². The summed E-state index contributed by atoms with van der Waals surface area (Å²) in [6, 6.07) is 3.87. The predicted octanol–water partition coefficient (Wildman–Crippen LogP) is 0.551. The molecule has 154 valence electrons. The highest BCUT2D eigenvalue weighted by atomic mass is 32.2. The normalized spacial score (nSPS) is 23.6. The Labute approximate surface area is 171 Å². The Morgan fingerprint density at radius 3 is 2.86 bits per heavy atom. The second-order valence-corrected chi connectivity index (χ2v) is 7.97. The maximum Gasteiger partial charge on any atom is 0.352 e. The van der Waals surface area contributed by atoms with Crippen LogP contribution in [0.2, 0.25) is 0 Å². The molecule has 2 aliphatic heterocycles. The fraction of sp³-hybridized carbons (Fsp3) is 0.389. The smallest absolute Gasteiger partial charge is 0.352 e. The number of oxime groups is 1. The average molecular weight is 419 g/mol. The van der Waals surface area contributed by atoms with Crippen LogP contribution < -0.4 is 11.1 Å². The van der Waals surface area contributed by atoms with E-state index in [1.54, 1.807) is 18.2 Å². The first-order valence-electron chi connectivity index (χ1n) is 9.00. The van der Waals surface area contributed by atoms with Crippen LogP contribution in [0.25, 0.3) is 0 Å². The number of nitrogens with one attached hydrogen (secondary N) is 1. The third-order valence-corrected chi connectivity index (χ3v) is 5.56. The van der Waals surface area contributed by atoms with Gasteiger partial charge in [0.1, 0.15) is 35.2 Å². The van der Waals surface area contributed by atoms with Crippen LogP contribution in [0.5, 0.6) is 0 Å². The maximum atomic E-state index is 12.9. The Kier molecular flexibility index (Phi) is 6.06. The summed E-state index contributed by atoms with van der Waals surface area (Å²) >= 11 is 1.39. The number of fused-ring (bicyclic) bond motifs is 1. The molecule has 2 aliphatic rings. The molecule has 10 nitrogen and oxygen atoms in total. The summed E-state index contributed by atoms with van der Waals surface area (Å²) in [6.07, 6.45) is 2.21. The van der Waals surface area contributed by atoms with Crippen LogP contribution in [-0.2, 0) is 19.2 Å². The number of carbonyl (C=O) groups excluding carboxylic acids is 2. The number of nitrogens with two attached hydrogens (primary N) is 1. The van der Waals surface area contributed by atoms with E-state index in [2.05, 4.69) is 15.5 Å². The zero-order valence-corrected chi connectivity index (χ0v) is 16.7. The Balaban J connectivity index is 1.80. The summed E-state index contributed by atoms with van der Waals surface area (Å²) < 4.78 is 0. The first-order chi connectivity index (χ1) is 13.8. The van der Waals surface area contributed by atoms with Crippen LogP contribution in [0.15, 0.2) is 35.1 Å². The van der Waals surface area contributed by atoms with Crippen molar-refractivity contribution in [2.24, 2.45) is 5.16 Å². The molecule has 29 heavy (non-hydrogen) atoms. The molecular weight excluding hydrogens is 398 g/mol. The number of anilines is 1. The molecular formula is C18H21N5O5S.